The number of thioether (sulfide) groups is 1. The SMILES string of the molecule is Cc1cccc(OCc2nnc(S[C@H](C)C(=O)c3ccc(F)cc3)o2)c1. The maximum absolute atomic E-state index is 13.0. The number of carbonyl (C=O) groups is 1. The maximum atomic E-state index is 13.0. The van der Waals surface area contributed by atoms with Gasteiger partial charge in [0.2, 0.25) is 0 Å². The van der Waals surface area contributed by atoms with Gasteiger partial charge in [0.05, 0.1) is 5.25 Å². The molecule has 5 nitrogen and oxygen atoms in total. The molecule has 3 rings (SSSR count). The van der Waals surface area contributed by atoms with Crippen LogP contribution in [0.3, 0.4) is 0 Å². The summed E-state index contributed by atoms with van der Waals surface area (Å²) in [7, 11) is 0. The van der Waals surface area contributed by atoms with Crippen molar-refractivity contribution in [1.29, 1.82) is 0 Å². The van der Waals surface area contributed by atoms with Gasteiger partial charge < -0.3 is 9.15 Å². The van der Waals surface area contributed by atoms with Gasteiger partial charge in [-0.25, -0.2) is 4.39 Å². The average Bonchev–Trinajstić information content (AvgIpc) is 3.07. The van der Waals surface area contributed by atoms with Crippen molar-refractivity contribution in [3.63, 3.8) is 0 Å². The second kappa shape index (κ2) is 8.14. The molecule has 0 aliphatic heterocycles. The van der Waals surface area contributed by atoms with E-state index in [0.717, 1.165) is 23.1 Å². The van der Waals surface area contributed by atoms with E-state index in [1.165, 1.54) is 24.3 Å². The highest BCUT2D eigenvalue weighted by Gasteiger charge is 2.20. The lowest BCUT2D eigenvalue weighted by Crippen LogP contribution is -2.13. The van der Waals surface area contributed by atoms with Gasteiger partial charge in [0.25, 0.3) is 11.1 Å². The molecule has 0 aliphatic carbocycles. The Labute approximate surface area is 154 Å². The quantitative estimate of drug-likeness (QED) is 0.451. The van der Waals surface area contributed by atoms with Gasteiger partial charge in [-0.2, -0.15) is 0 Å². The smallest absolute Gasteiger partial charge is 0.277 e. The van der Waals surface area contributed by atoms with Crippen molar-refractivity contribution in [2.24, 2.45) is 0 Å². The lowest BCUT2D eigenvalue weighted by atomic mass is 10.1. The standard InChI is InChI=1S/C19H17FN2O3S/c1-12-4-3-5-16(10-12)24-11-17-21-22-19(25-17)26-13(2)18(23)14-6-8-15(20)9-7-14/h3-10,13H,11H2,1-2H3/t13-/m1/s1. The number of ether oxygens (including phenoxy) is 1. The van der Waals surface area contributed by atoms with E-state index in [2.05, 4.69) is 10.2 Å². The first-order chi connectivity index (χ1) is 12.5. The predicted molar refractivity (Wildman–Crippen MR) is 95.9 cm³/mol. The van der Waals surface area contributed by atoms with Gasteiger partial charge in [-0.05, 0) is 55.8 Å². The van der Waals surface area contributed by atoms with Gasteiger partial charge in [-0.1, -0.05) is 23.9 Å². The Morgan fingerprint density at radius 1 is 1.23 bits per heavy atom. The molecule has 26 heavy (non-hydrogen) atoms. The third-order valence-corrected chi connectivity index (χ3v) is 4.51. The van der Waals surface area contributed by atoms with Crippen molar-refractivity contribution < 1.29 is 18.3 Å². The summed E-state index contributed by atoms with van der Waals surface area (Å²) in [6, 6.07) is 13.1. The van der Waals surface area contributed by atoms with Crippen LogP contribution in [0.4, 0.5) is 4.39 Å². The Morgan fingerprint density at radius 3 is 2.73 bits per heavy atom. The van der Waals surface area contributed by atoms with E-state index in [1.807, 2.05) is 31.2 Å². The average molecular weight is 372 g/mol. The fourth-order valence-corrected chi connectivity index (χ4v) is 3.03. The number of hydrogen-bond donors (Lipinski definition) is 0. The van der Waals surface area contributed by atoms with Crippen molar-refractivity contribution in [2.75, 3.05) is 0 Å². The summed E-state index contributed by atoms with van der Waals surface area (Å²) in [4.78, 5) is 12.4. The van der Waals surface area contributed by atoms with Crippen molar-refractivity contribution in [3.05, 3.63) is 71.4 Å². The number of halogens is 1. The highest BCUT2D eigenvalue weighted by molar-refractivity contribution is 8.00. The van der Waals surface area contributed by atoms with E-state index in [1.54, 1.807) is 6.92 Å². The Morgan fingerprint density at radius 2 is 2.00 bits per heavy atom. The van der Waals surface area contributed by atoms with E-state index in [4.69, 9.17) is 9.15 Å². The van der Waals surface area contributed by atoms with Crippen LogP contribution in [-0.2, 0) is 6.61 Å². The molecule has 1 heterocycles. The largest absolute Gasteiger partial charge is 0.484 e. The highest BCUT2D eigenvalue weighted by atomic mass is 32.2. The lowest BCUT2D eigenvalue weighted by Gasteiger charge is -2.07. The molecule has 0 unspecified atom stereocenters. The molecule has 2 aromatic carbocycles. The van der Waals surface area contributed by atoms with E-state index < -0.39 is 5.25 Å². The van der Waals surface area contributed by atoms with Gasteiger partial charge >= 0.3 is 0 Å². The number of Topliss-reactive ketones (excluding diaryl/α,β-unsaturated/α-hetero) is 1. The molecule has 134 valence electrons. The number of aromatic nitrogens is 2. The van der Waals surface area contributed by atoms with Crippen LogP contribution in [0.15, 0.2) is 58.2 Å². The van der Waals surface area contributed by atoms with E-state index in [0.29, 0.717) is 11.5 Å². The van der Waals surface area contributed by atoms with Crippen molar-refractivity contribution in [1.82, 2.24) is 10.2 Å². The van der Waals surface area contributed by atoms with Crippen molar-refractivity contribution >= 4 is 17.5 Å². The van der Waals surface area contributed by atoms with Crippen LogP contribution >= 0.6 is 11.8 Å². The van der Waals surface area contributed by atoms with Crippen molar-refractivity contribution in [3.8, 4) is 5.75 Å². The molecule has 3 aromatic rings. The number of hydrogen-bond acceptors (Lipinski definition) is 6. The van der Waals surface area contributed by atoms with Crippen LogP contribution in [0.2, 0.25) is 0 Å². The normalized spacial score (nSPS) is 12.0. The molecule has 0 saturated heterocycles. The number of benzene rings is 2. The zero-order valence-electron chi connectivity index (χ0n) is 14.3. The van der Waals surface area contributed by atoms with Gasteiger partial charge in [-0.15, -0.1) is 10.2 Å². The number of nitrogens with zero attached hydrogens (tertiary/aromatic N) is 2. The lowest BCUT2D eigenvalue weighted by molar-refractivity contribution is 0.0993. The first-order valence-corrected chi connectivity index (χ1v) is 8.87. The number of rotatable bonds is 7. The van der Waals surface area contributed by atoms with Crippen LogP contribution in [0.25, 0.3) is 0 Å². The second-order valence-corrected chi connectivity index (χ2v) is 6.99. The molecule has 0 spiro atoms. The number of aryl methyl sites for hydroxylation is 1. The minimum absolute atomic E-state index is 0.134. The molecular weight excluding hydrogens is 355 g/mol. The Hall–Kier alpha value is -2.67. The minimum Gasteiger partial charge on any atom is -0.484 e. The molecule has 0 fully saturated rings. The summed E-state index contributed by atoms with van der Waals surface area (Å²) >= 11 is 1.16. The monoisotopic (exact) mass is 372 g/mol. The van der Waals surface area contributed by atoms with Crippen LogP contribution in [0.1, 0.15) is 28.7 Å². The predicted octanol–water partition coefficient (Wildman–Crippen LogP) is 4.46. The second-order valence-electron chi connectivity index (χ2n) is 5.70. The van der Waals surface area contributed by atoms with Crippen LogP contribution in [0, 0.1) is 12.7 Å². The molecule has 0 N–H and O–H groups in total. The molecule has 0 aliphatic rings. The van der Waals surface area contributed by atoms with Gasteiger partial charge in [0.1, 0.15) is 11.6 Å². The highest BCUT2D eigenvalue weighted by Crippen LogP contribution is 2.25. The summed E-state index contributed by atoms with van der Waals surface area (Å²) in [5.41, 5.74) is 1.53. The molecule has 0 saturated carbocycles. The summed E-state index contributed by atoms with van der Waals surface area (Å²) in [6.45, 7) is 3.87. The molecular formula is C19H17FN2O3S. The third-order valence-electron chi connectivity index (χ3n) is 3.58. The van der Waals surface area contributed by atoms with Gasteiger partial charge in [0, 0.05) is 5.56 Å². The number of ketones is 1. The minimum atomic E-state index is -0.438. The van der Waals surface area contributed by atoms with E-state index in [9.17, 15) is 9.18 Å². The first-order valence-electron chi connectivity index (χ1n) is 7.99. The Kier molecular flexibility index (Phi) is 5.68. The molecule has 1 aromatic heterocycles. The zero-order valence-corrected chi connectivity index (χ0v) is 15.1. The van der Waals surface area contributed by atoms with Crippen LogP contribution in [-0.4, -0.2) is 21.2 Å². The topological polar surface area (TPSA) is 65.2 Å². The molecule has 0 radical (unpaired) electrons. The summed E-state index contributed by atoms with van der Waals surface area (Å²) in [6.07, 6.45) is 0. The van der Waals surface area contributed by atoms with Crippen LogP contribution in [0.5, 0.6) is 5.75 Å². The zero-order chi connectivity index (χ0) is 18.5. The third kappa shape index (κ3) is 4.70. The van der Waals surface area contributed by atoms with Crippen molar-refractivity contribution in [2.45, 2.75) is 30.9 Å². The fraction of sp³-hybridized carbons (Fsp3) is 0.211. The molecule has 0 bridgehead atoms. The van der Waals surface area contributed by atoms with E-state index >= 15 is 0 Å². The van der Waals surface area contributed by atoms with E-state index in [-0.39, 0.29) is 23.4 Å². The summed E-state index contributed by atoms with van der Waals surface area (Å²) in [5.74, 6) is 0.537. The summed E-state index contributed by atoms with van der Waals surface area (Å²) in [5, 5.41) is 7.71. The van der Waals surface area contributed by atoms with Crippen LogP contribution < -0.4 is 4.74 Å². The van der Waals surface area contributed by atoms with Gasteiger partial charge in [0.15, 0.2) is 12.4 Å². The Balaban J connectivity index is 1.57. The fourth-order valence-electron chi connectivity index (χ4n) is 2.25. The first kappa shape index (κ1) is 18.1. The van der Waals surface area contributed by atoms with Gasteiger partial charge in [-0.3, -0.25) is 4.79 Å². The number of carbonyl (C=O) groups excluding carboxylic acids is 1. The molecule has 0 amide bonds. The molecule has 1 atom stereocenters. The summed E-state index contributed by atoms with van der Waals surface area (Å²) < 4.78 is 24.1. The Bertz CT molecular complexity index is 896. The molecule has 7 heteroatoms. The maximum Gasteiger partial charge on any atom is 0.277 e.